The van der Waals surface area contributed by atoms with Gasteiger partial charge >= 0.3 is 11.9 Å². The van der Waals surface area contributed by atoms with Crippen LogP contribution in [0.1, 0.15) is 34.3 Å². The number of hydrogen-bond donors (Lipinski definition) is 2. The summed E-state index contributed by atoms with van der Waals surface area (Å²) in [5, 5.41) is 18.4. The van der Waals surface area contributed by atoms with E-state index in [9.17, 15) is 24.6 Å². The van der Waals surface area contributed by atoms with Gasteiger partial charge in [-0.3, -0.25) is 14.4 Å². The number of aliphatic carboxylic acids is 2. The van der Waals surface area contributed by atoms with Crippen molar-refractivity contribution in [1.82, 2.24) is 4.90 Å². The number of carboxylic acids is 2. The standard InChI is InChI=1S/C16H19NO5/c1-10-7-11(2)9-12(8-10)13(18)17-5-3-16(4-6-17,14(19)20)15(21)22/h7-9H,3-6H2,1-2H3,(H,19,20)(H,21,22). The highest BCUT2D eigenvalue weighted by atomic mass is 16.4. The summed E-state index contributed by atoms with van der Waals surface area (Å²) in [4.78, 5) is 36.6. The topological polar surface area (TPSA) is 94.9 Å². The minimum Gasteiger partial charge on any atom is -0.480 e. The first-order valence-electron chi connectivity index (χ1n) is 7.10. The maximum atomic E-state index is 12.5. The van der Waals surface area contributed by atoms with Gasteiger partial charge in [0.15, 0.2) is 5.41 Å². The van der Waals surface area contributed by atoms with Crippen molar-refractivity contribution in [2.75, 3.05) is 13.1 Å². The number of nitrogens with zero attached hydrogens (tertiary/aromatic N) is 1. The molecule has 0 atom stereocenters. The van der Waals surface area contributed by atoms with Crippen LogP contribution in [0, 0.1) is 19.3 Å². The Kier molecular flexibility index (Phi) is 4.21. The van der Waals surface area contributed by atoms with Crippen molar-refractivity contribution >= 4 is 17.8 Å². The number of carboxylic acid groups (broad SMARTS) is 2. The molecule has 6 heteroatoms. The summed E-state index contributed by atoms with van der Waals surface area (Å²) >= 11 is 0. The molecule has 6 nitrogen and oxygen atoms in total. The van der Waals surface area contributed by atoms with Gasteiger partial charge in [0, 0.05) is 18.7 Å². The van der Waals surface area contributed by atoms with Crippen molar-refractivity contribution < 1.29 is 24.6 Å². The molecule has 0 radical (unpaired) electrons. The molecule has 1 aliphatic rings. The van der Waals surface area contributed by atoms with Crippen molar-refractivity contribution in [3.8, 4) is 0 Å². The van der Waals surface area contributed by atoms with E-state index in [0.717, 1.165) is 11.1 Å². The Morgan fingerprint density at radius 3 is 1.82 bits per heavy atom. The predicted octanol–water partition coefficient (Wildman–Crippen LogP) is 1.70. The number of carbonyl (C=O) groups is 3. The molecule has 1 aromatic carbocycles. The Balaban J connectivity index is 2.16. The monoisotopic (exact) mass is 305 g/mol. The van der Waals surface area contributed by atoms with Crippen LogP contribution in [0.2, 0.25) is 0 Å². The van der Waals surface area contributed by atoms with Crippen LogP contribution < -0.4 is 0 Å². The molecule has 22 heavy (non-hydrogen) atoms. The minimum absolute atomic E-state index is 0.0752. The molecule has 1 amide bonds. The first kappa shape index (κ1) is 16.0. The van der Waals surface area contributed by atoms with Gasteiger partial charge in [0.05, 0.1) is 0 Å². The van der Waals surface area contributed by atoms with Gasteiger partial charge < -0.3 is 15.1 Å². The Labute approximate surface area is 128 Å². The van der Waals surface area contributed by atoms with Crippen LogP contribution in [0.25, 0.3) is 0 Å². The third kappa shape index (κ3) is 2.81. The highest BCUT2D eigenvalue weighted by Crippen LogP contribution is 2.32. The molecule has 118 valence electrons. The van der Waals surface area contributed by atoms with Crippen LogP contribution in [-0.4, -0.2) is 46.0 Å². The van der Waals surface area contributed by atoms with Crippen molar-refractivity contribution in [2.45, 2.75) is 26.7 Å². The molecule has 1 aliphatic heterocycles. The van der Waals surface area contributed by atoms with Crippen molar-refractivity contribution in [3.05, 3.63) is 34.9 Å². The van der Waals surface area contributed by atoms with Crippen molar-refractivity contribution in [3.63, 3.8) is 0 Å². The molecule has 0 bridgehead atoms. The molecule has 2 rings (SSSR count). The van der Waals surface area contributed by atoms with E-state index < -0.39 is 17.4 Å². The summed E-state index contributed by atoms with van der Waals surface area (Å²) in [6.45, 7) is 4.06. The summed E-state index contributed by atoms with van der Waals surface area (Å²) in [6.07, 6.45) is -0.150. The van der Waals surface area contributed by atoms with Crippen LogP contribution in [0.4, 0.5) is 0 Å². The SMILES string of the molecule is Cc1cc(C)cc(C(=O)N2CCC(C(=O)O)(C(=O)O)CC2)c1. The largest absolute Gasteiger partial charge is 0.480 e. The number of likely N-dealkylation sites (tertiary alicyclic amines) is 1. The lowest BCUT2D eigenvalue weighted by atomic mass is 9.78. The Morgan fingerprint density at radius 2 is 1.41 bits per heavy atom. The molecular weight excluding hydrogens is 286 g/mol. The van der Waals surface area contributed by atoms with E-state index in [1.807, 2.05) is 19.9 Å². The second kappa shape index (κ2) is 5.79. The van der Waals surface area contributed by atoms with Gasteiger partial charge in [0.1, 0.15) is 0 Å². The maximum absolute atomic E-state index is 12.5. The average Bonchev–Trinajstić information content (AvgIpc) is 2.45. The number of hydrogen-bond acceptors (Lipinski definition) is 3. The van der Waals surface area contributed by atoms with E-state index in [4.69, 9.17) is 0 Å². The molecule has 0 aromatic heterocycles. The van der Waals surface area contributed by atoms with Gasteiger partial charge in [-0.25, -0.2) is 0 Å². The second-order valence-electron chi connectivity index (χ2n) is 5.86. The zero-order chi connectivity index (χ0) is 16.5. The number of benzene rings is 1. The molecule has 0 spiro atoms. The Bertz CT molecular complexity index is 593. The quantitative estimate of drug-likeness (QED) is 0.829. The molecule has 0 unspecified atom stereocenters. The summed E-state index contributed by atoms with van der Waals surface area (Å²) < 4.78 is 0. The van der Waals surface area contributed by atoms with E-state index in [2.05, 4.69) is 0 Å². The summed E-state index contributed by atoms with van der Waals surface area (Å²) in [5.41, 5.74) is 0.728. The van der Waals surface area contributed by atoms with Gasteiger partial charge in [-0.15, -0.1) is 0 Å². The van der Waals surface area contributed by atoms with Crippen LogP contribution in [0.5, 0.6) is 0 Å². The lowest BCUT2D eigenvalue weighted by Gasteiger charge is -2.36. The van der Waals surface area contributed by atoms with Crippen LogP contribution in [-0.2, 0) is 9.59 Å². The van der Waals surface area contributed by atoms with E-state index >= 15 is 0 Å². The van der Waals surface area contributed by atoms with Gasteiger partial charge in [-0.05, 0) is 38.8 Å². The number of aryl methyl sites for hydroxylation is 2. The maximum Gasteiger partial charge on any atom is 0.321 e. The summed E-state index contributed by atoms with van der Waals surface area (Å²) in [5.74, 6) is -2.85. The molecule has 0 saturated carbocycles. The lowest BCUT2D eigenvalue weighted by Crippen LogP contribution is -2.50. The third-order valence-electron chi connectivity index (χ3n) is 4.19. The van der Waals surface area contributed by atoms with Crippen LogP contribution >= 0.6 is 0 Å². The smallest absolute Gasteiger partial charge is 0.321 e. The Morgan fingerprint density at radius 1 is 0.955 bits per heavy atom. The van der Waals surface area contributed by atoms with Gasteiger partial charge in [0.25, 0.3) is 5.91 Å². The van der Waals surface area contributed by atoms with Crippen LogP contribution in [0.3, 0.4) is 0 Å². The zero-order valence-corrected chi connectivity index (χ0v) is 12.6. The minimum atomic E-state index is -1.78. The lowest BCUT2D eigenvalue weighted by molar-refractivity contribution is -0.168. The molecular formula is C16H19NO5. The number of carbonyl (C=O) groups excluding carboxylic acids is 1. The predicted molar refractivity (Wildman–Crippen MR) is 78.8 cm³/mol. The molecule has 1 heterocycles. The molecule has 1 aromatic rings. The third-order valence-corrected chi connectivity index (χ3v) is 4.19. The zero-order valence-electron chi connectivity index (χ0n) is 12.6. The number of amides is 1. The highest BCUT2D eigenvalue weighted by molar-refractivity contribution is 5.99. The molecule has 1 fully saturated rings. The number of piperidine rings is 1. The molecule has 1 saturated heterocycles. The first-order valence-corrected chi connectivity index (χ1v) is 7.10. The summed E-state index contributed by atoms with van der Waals surface area (Å²) in [6, 6.07) is 5.53. The van der Waals surface area contributed by atoms with E-state index in [1.165, 1.54) is 4.90 Å². The number of rotatable bonds is 3. The fourth-order valence-electron chi connectivity index (χ4n) is 2.89. The fraction of sp³-hybridized carbons (Fsp3) is 0.438. The van der Waals surface area contributed by atoms with Gasteiger partial charge in [-0.2, -0.15) is 0 Å². The van der Waals surface area contributed by atoms with Gasteiger partial charge in [-0.1, -0.05) is 17.2 Å². The Hall–Kier alpha value is -2.37. The van der Waals surface area contributed by atoms with Gasteiger partial charge in [0.2, 0.25) is 0 Å². The molecule has 2 N–H and O–H groups in total. The van der Waals surface area contributed by atoms with E-state index in [-0.39, 0.29) is 31.8 Å². The van der Waals surface area contributed by atoms with E-state index in [1.54, 1.807) is 12.1 Å². The van der Waals surface area contributed by atoms with Crippen molar-refractivity contribution in [1.29, 1.82) is 0 Å². The first-order chi connectivity index (χ1) is 10.3. The van der Waals surface area contributed by atoms with Crippen LogP contribution in [0.15, 0.2) is 18.2 Å². The molecule has 0 aliphatic carbocycles. The fourth-order valence-corrected chi connectivity index (χ4v) is 2.89. The highest BCUT2D eigenvalue weighted by Gasteiger charge is 2.49. The van der Waals surface area contributed by atoms with Crippen molar-refractivity contribution in [2.24, 2.45) is 5.41 Å². The average molecular weight is 305 g/mol. The second-order valence-corrected chi connectivity index (χ2v) is 5.86. The normalized spacial score (nSPS) is 17.1. The van der Waals surface area contributed by atoms with E-state index in [0.29, 0.717) is 5.56 Å². The summed E-state index contributed by atoms with van der Waals surface area (Å²) in [7, 11) is 0.